The summed E-state index contributed by atoms with van der Waals surface area (Å²) in [5.74, 6) is -0.602. The van der Waals surface area contributed by atoms with Gasteiger partial charge in [-0.15, -0.1) is 0 Å². The van der Waals surface area contributed by atoms with Gasteiger partial charge in [-0.3, -0.25) is 14.4 Å². The van der Waals surface area contributed by atoms with E-state index in [-0.39, 0.29) is 17.6 Å². The lowest BCUT2D eigenvalue weighted by molar-refractivity contribution is -0.114. The molecule has 0 fully saturated rings. The summed E-state index contributed by atoms with van der Waals surface area (Å²) in [7, 11) is 1.60. The molecular formula is C20H22N2O3. The summed E-state index contributed by atoms with van der Waals surface area (Å²) in [4.78, 5) is 37.8. The maximum atomic E-state index is 12.7. The highest BCUT2D eigenvalue weighted by Gasteiger charge is 2.24. The molecule has 2 aromatic carbocycles. The van der Waals surface area contributed by atoms with Crippen molar-refractivity contribution in [2.75, 3.05) is 12.4 Å². The maximum Gasteiger partial charge on any atom is 0.254 e. The van der Waals surface area contributed by atoms with E-state index in [9.17, 15) is 14.4 Å². The average molecular weight is 338 g/mol. The van der Waals surface area contributed by atoms with E-state index in [2.05, 4.69) is 5.32 Å². The Labute approximate surface area is 147 Å². The topological polar surface area (TPSA) is 66.5 Å². The van der Waals surface area contributed by atoms with Gasteiger partial charge in [-0.25, -0.2) is 0 Å². The Morgan fingerprint density at radius 1 is 1.00 bits per heavy atom. The molecule has 0 aromatic heterocycles. The molecule has 0 radical (unpaired) electrons. The van der Waals surface area contributed by atoms with Gasteiger partial charge in [0.15, 0.2) is 5.78 Å². The highest BCUT2D eigenvalue weighted by molar-refractivity contribution is 6.04. The van der Waals surface area contributed by atoms with Gasteiger partial charge in [0.25, 0.3) is 5.91 Å². The fourth-order valence-corrected chi connectivity index (χ4v) is 2.45. The Bertz CT molecular complexity index is 797. The molecule has 1 atom stereocenters. The number of likely N-dealkylation sites (N-methyl/N-ethyl adjacent to an activating group) is 1. The molecule has 5 nitrogen and oxygen atoms in total. The molecule has 130 valence electrons. The molecule has 0 aliphatic carbocycles. The number of rotatable bonds is 5. The van der Waals surface area contributed by atoms with E-state index in [0.29, 0.717) is 16.8 Å². The molecule has 2 aromatic rings. The van der Waals surface area contributed by atoms with E-state index in [4.69, 9.17) is 0 Å². The molecule has 1 N–H and O–H groups in total. The molecule has 1 unspecified atom stereocenters. The van der Waals surface area contributed by atoms with Crippen LogP contribution in [0.4, 0.5) is 5.69 Å². The quantitative estimate of drug-likeness (QED) is 0.851. The molecule has 5 heteroatoms. The molecule has 2 rings (SSSR count). The second-order valence-corrected chi connectivity index (χ2v) is 6.08. The number of aryl methyl sites for hydroxylation is 1. The van der Waals surface area contributed by atoms with Gasteiger partial charge in [-0.05, 0) is 32.0 Å². The molecule has 0 aliphatic rings. The minimum atomic E-state index is -0.598. The van der Waals surface area contributed by atoms with E-state index in [1.807, 2.05) is 19.1 Å². The van der Waals surface area contributed by atoms with Gasteiger partial charge in [0, 0.05) is 30.8 Å². The number of benzene rings is 2. The smallest absolute Gasteiger partial charge is 0.254 e. The Balaban J connectivity index is 2.17. The van der Waals surface area contributed by atoms with Crippen LogP contribution in [0.25, 0.3) is 0 Å². The van der Waals surface area contributed by atoms with Crippen LogP contribution in [0.5, 0.6) is 0 Å². The van der Waals surface area contributed by atoms with Crippen molar-refractivity contribution in [1.29, 1.82) is 0 Å². The second kappa shape index (κ2) is 7.75. The summed E-state index contributed by atoms with van der Waals surface area (Å²) >= 11 is 0. The van der Waals surface area contributed by atoms with Crippen molar-refractivity contribution < 1.29 is 14.4 Å². The summed E-state index contributed by atoms with van der Waals surface area (Å²) in [5.41, 5.74) is 2.61. The number of anilines is 1. The van der Waals surface area contributed by atoms with E-state index in [1.165, 1.54) is 11.8 Å². The summed E-state index contributed by atoms with van der Waals surface area (Å²) in [5, 5.41) is 2.65. The molecule has 0 spiro atoms. The van der Waals surface area contributed by atoms with Crippen LogP contribution in [0.2, 0.25) is 0 Å². The minimum Gasteiger partial charge on any atom is -0.332 e. The monoisotopic (exact) mass is 338 g/mol. The zero-order valence-corrected chi connectivity index (χ0v) is 14.9. The van der Waals surface area contributed by atoms with Crippen LogP contribution in [0.15, 0.2) is 48.5 Å². The molecule has 0 heterocycles. The van der Waals surface area contributed by atoms with Crippen LogP contribution in [-0.4, -0.2) is 35.6 Å². The molecule has 0 saturated carbocycles. The summed E-state index contributed by atoms with van der Waals surface area (Å²) < 4.78 is 0. The van der Waals surface area contributed by atoms with E-state index < -0.39 is 6.04 Å². The predicted molar refractivity (Wildman–Crippen MR) is 97.8 cm³/mol. The fourth-order valence-electron chi connectivity index (χ4n) is 2.45. The highest BCUT2D eigenvalue weighted by Crippen LogP contribution is 2.15. The third-order valence-corrected chi connectivity index (χ3v) is 4.05. The van der Waals surface area contributed by atoms with E-state index >= 15 is 0 Å². The Morgan fingerprint density at radius 3 is 2.24 bits per heavy atom. The number of ketones is 1. The Morgan fingerprint density at radius 2 is 1.64 bits per heavy atom. The number of amides is 2. The lowest BCUT2D eigenvalue weighted by atomic mass is 10.0. The first-order valence-corrected chi connectivity index (χ1v) is 8.05. The van der Waals surface area contributed by atoms with Crippen LogP contribution < -0.4 is 5.32 Å². The van der Waals surface area contributed by atoms with Gasteiger partial charge >= 0.3 is 0 Å². The average Bonchev–Trinajstić information content (AvgIpc) is 2.59. The first-order chi connectivity index (χ1) is 11.8. The number of Topliss-reactive ketones (excluding diaryl/α,β-unsaturated/α-hetero) is 1. The predicted octanol–water partition coefficient (Wildman–Crippen LogP) is 3.30. The molecule has 2 amide bonds. The third-order valence-electron chi connectivity index (χ3n) is 4.05. The third kappa shape index (κ3) is 4.53. The SMILES string of the molecule is CC(=O)Nc1cccc(C(=O)N(C)C(C)C(=O)c2ccc(C)cc2)c1. The standard InChI is InChI=1S/C20H22N2O3/c1-13-8-10-16(11-9-13)19(24)14(2)22(4)20(25)17-6-5-7-18(12-17)21-15(3)23/h5-12,14H,1-4H3,(H,21,23). The normalized spacial score (nSPS) is 11.5. The number of nitrogens with one attached hydrogen (secondary N) is 1. The van der Waals surface area contributed by atoms with Crippen molar-refractivity contribution in [2.24, 2.45) is 0 Å². The van der Waals surface area contributed by atoms with Gasteiger partial charge in [-0.1, -0.05) is 35.9 Å². The zero-order valence-electron chi connectivity index (χ0n) is 14.9. The number of hydrogen-bond donors (Lipinski definition) is 1. The zero-order chi connectivity index (χ0) is 18.6. The lowest BCUT2D eigenvalue weighted by Gasteiger charge is -2.24. The number of nitrogens with zero attached hydrogens (tertiary/aromatic N) is 1. The fraction of sp³-hybridized carbons (Fsp3) is 0.250. The lowest BCUT2D eigenvalue weighted by Crippen LogP contribution is -2.40. The van der Waals surface area contributed by atoms with Crippen LogP contribution in [0.3, 0.4) is 0 Å². The maximum absolute atomic E-state index is 12.7. The largest absolute Gasteiger partial charge is 0.332 e. The summed E-state index contributed by atoms with van der Waals surface area (Å²) in [6.07, 6.45) is 0. The number of carbonyl (C=O) groups is 3. The Kier molecular flexibility index (Phi) is 5.70. The van der Waals surface area contributed by atoms with E-state index in [0.717, 1.165) is 5.56 Å². The molecular weight excluding hydrogens is 316 g/mol. The van der Waals surface area contributed by atoms with Crippen molar-refractivity contribution in [3.8, 4) is 0 Å². The van der Waals surface area contributed by atoms with Gasteiger partial charge in [0.1, 0.15) is 0 Å². The summed E-state index contributed by atoms with van der Waals surface area (Å²) in [6.45, 7) is 5.07. The molecule has 0 saturated heterocycles. The second-order valence-electron chi connectivity index (χ2n) is 6.08. The van der Waals surface area contributed by atoms with E-state index in [1.54, 1.807) is 50.4 Å². The number of hydrogen-bond acceptors (Lipinski definition) is 3. The van der Waals surface area contributed by atoms with Crippen LogP contribution in [0, 0.1) is 6.92 Å². The van der Waals surface area contributed by atoms with Crippen molar-refractivity contribution in [1.82, 2.24) is 4.90 Å². The molecule has 25 heavy (non-hydrogen) atoms. The minimum absolute atomic E-state index is 0.117. The van der Waals surface area contributed by atoms with Crippen molar-refractivity contribution >= 4 is 23.3 Å². The van der Waals surface area contributed by atoms with Crippen molar-refractivity contribution in [3.63, 3.8) is 0 Å². The molecule has 0 aliphatic heterocycles. The van der Waals surface area contributed by atoms with Crippen molar-refractivity contribution in [2.45, 2.75) is 26.8 Å². The van der Waals surface area contributed by atoms with Crippen LogP contribution in [0.1, 0.15) is 40.1 Å². The first-order valence-electron chi connectivity index (χ1n) is 8.05. The van der Waals surface area contributed by atoms with Gasteiger partial charge in [0.05, 0.1) is 6.04 Å². The van der Waals surface area contributed by atoms with Gasteiger partial charge in [0.2, 0.25) is 5.91 Å². The van der Waals surface area contributed by atoms with Crippen LogP contribution in [-0.2, 0) is 4.79 Å². The van der Waals surface area contributed by atoms with Crippen LogP contribution >= 0.6 is 0 Å². The number of carbonyl (C=O) groups excluding carboxylic acids is 3. The van der Waals surface area contributed by atoms with Crippen molar-refractivity contribution in [3.05, 3.63) is 65.2 Å². The summed E-state index contributed by atoms with van der Waals surface area (Å²) in [6, 6.07) is 13.3. The Hall–Kier alpha value is -2.95. The van der Waals surface area contributed by atoms with Gasteiger partial charge in [-0.2, -0.15) is 0 Å². The molecule has 0 bridgehead atoms. The highest BCUT2D eigenvalue weighted by atomic mass is 16.2. The first kappa shape index (κ1) is 18.4. The van der Waals surface area contributed by atoms with Gasteiger partial charge < -0.3 is 10.2 Å².